The highest BCUT2D eigenvalue weighted by Gasteiger charge is 2.11. The van der Waals surface area contributed by atoms with E-state index in [4.69, 9.17) is 4.42 Å². The third kappa shape index (κ3) is 3.15. The van der Waals surface area contributed by atoms with Crippen LogP contribution < -0.4 is 10.2 Å². The second-order valence-corrected chi connectivity index (χ2v) is 4.63. The summed E-state index contributed by atoms with van der Waals surface area (Å²) < 4.78 is 19.4. The minimum Gasteiger partial charge on any atom is -0.464 e. The van der Waals surface area contributed by atoms with Crippen LogP contribution in [0.15, 0.2) is 34.7 Å². The number of benzene rings is 1. The summed E-state index contributed by atoms with van der Waals surface area (Å²) in [7, 11) is 3.76. The van der Waals surface area contributed by atoms with Crippen molar-refractivity contribution in [2.75, 3.05) is 19.0 Å². The Balaban J connectivity index is 2.13. The molecular formula is C15H19FN2O. The first-order valence-electron chi connectivity index (χ1n) is 6.30. The van der Waals surface area contributed by atoms with E-state index in [1.165, 1.54) is 6.07 Å². The Morgan fingerprint density at radius 3 is 2.74 bits per heavy atom. The highest BCUT2D eigenvalue weighted by atomic mass is 19.1. The predicted molar refractivity (Wildman–Crippen MR) is 74.7 cm³/mol. The van der Waals surface area contributed by atoms with Gasteiger partial charge >= 0.3 is 0 Å². The maximum atomic E-state index is 13.7. The van der Waals surface area contributed by atoms with Gasteiger partial charge in [-0.15, -0.1) is 0 Å². The van der Waals surface area contributed by atoms with Crippen molar-refractivity contribution >= 4 is 5.69 Å². The van der Waals surface area contributed by atoms with Crippen molar-refractivity contribution in [3.8, 4) is 0 Å². The van der Waals surface area contributed by atoms with E-state index in [-0.39, 0.29) is 5.82 Å². The molecule has 0 aliphatic heterocycles. The summed E-state index contributed by atoms with van der Waals surface area (Å²) in [4.78, 5) is 1.84. The summed E-state index contributed by atoms with van der Waals surface area (Å²) in [6, 6.07) is 8.76. The van der Waals surface area contributed by atoms with Crippen molar-refractivity contribution in [2.45, 2.75) is 20.0 Å². The molecule has 1 aromatic heterocycles. The highest BCUT2D eigenvalue weighted by molar-refractivity contribution is 5.47. The Morgan fingerprint density at radius 1 is 1.32 bits per heavy atom. The van der Waals surface area contributed by atoms with E-state index in [1.54, 1.807) is 12.1 Å². The van der Waals surface area contributed by atoms with Crippen LogP contribution in [0.4, 0.5) is 10.1 Å². The van der Waals surface area contributed by atoms with Crippen molar-refractivity contribution in [1.82, 2.24) is 5.32 Å². The number of hydrogen-bond acceptors (Lipinski definition) is 3. The number of nitrogens with one attached hydrogen (secondary N) is 1. The van der Waals surface area contributed by atoms with Gasteiger partial charge in [0.2, 0.25) is 0 Å². The summed E-state index contributed by atoms with van der Waals surface area (Å²) in [6.45, 7) is 3.27. The minimum absolute atomic E-state index is 0.219. The zero-order valence-electron chi connectivity index (χ0n) is 11.5. The van der Waals surface area contributed by atoms with E-state index in [2.05, 4.69) is 5.32 Å². The molecule has 0 aliphatic carbocycles. The van der Waals surface area contributed by atoms with Gasteiger partial charge in [0.1, 0.15) is 17.3 Å². The molecule has 0 fully saturated rings. The fraction of sp³-hybridized carbons (Fsp3) is 0.333. The number of aryl methyl sites for hydroxylation is 1. The third-order valence-corrected chi connectivity index (χ3v) is 3.10. The summed E-state index contributed by atoms with van der Waals surface area (Å²) >= 11 is 0. The second-order valence-electron chi connectivity index (χ2n) is 4.63. The Labute approximate surface area is 113 Å². The molecule has 0 bridgehead atoms. The molecule has 0 amide bonds. The normalized spacial score (nSPS) is 10.7. The van der Waals surface area contributed by atoms with Crippen LogP contribution in [0, 0.1) is 12.7 Å². The first-order chi connectivity index (χ1) is 9.11. The summed E-state index contributed by atoms with van der Waals surface area (Å²) in [5, 5.41) is 3.10. The van der Waals surface area contributed by atoms with Gasteiger partial charge in [-0.3, -0.25) is 0 Å². The average Bonchev–Trinajstić information content (AvgIpc) is 2.70. The molecule has 0 atom stereocenters. The number of hydrogen-bond donors (Lipinski definition) is 1. The molecule has 2 aromatic rings. The first kappa shape index (κ1) is 13.6. The number of para-hydroxylation sites is 1. The van der Waals surface area contributed by atoms with Gasteiger partial charge in [0.05, 0.1) is 12.2 Å². The molecule has 1 aromatic carbocycles. The average molecular weight is 262 g/mol. The van der Waals surface area contributed by atoms with Crippen LogP contribution in [0.25, 0.3) is 0 Å². The van der Waals surface area contributed by atoms with Gasteiger partial charge in [0, 0.05) is 19.2 Å². The fourth-order valence-electron chi connectivity index (χ4n) is 2.11. The molecule has 2 rings (SSSR count). The van der Waals surface area contributed by atoms with Gasteiger partial charge in [-0.1, -0.05) is 12.1 Å². The Morgan fingerprint density at radius 2 is 2.05 bits per heavy atom. The van der Waals surface area contributed by atoms with Crippen molar-refractivity contribution in [2.24, 2.45) is 0 Å². The van der Waals surface area contributed by atoms with Crippen LogP contribution in [0.1, 0.15) is 17.1 Å². The zero-order valence-corrected chi connectivity index (χ0v) is 11.5. The molecular weight excluding hydrogens is 243 g/mol. The van der Waals surface area contributed by atoms with Gasteiger partial charge in [-0.25, -0.2) is 4.39 Å². The van der Waals surface area contributed by atoms with Gasteiger partial charge < -0.3 is 14.6 Å². The van der Waals surface area contributed by atoms with Crippen LogP contribution in [-0.4, -0.2) is 14.1 Å². The van der Waals surface area contributed by atoms with E-state index < -0.39 is 0 Å². The standard InChI is InChI=1S/C15H19FN2O/c1-11-12(9-17-2)8-13(19-11)10-18(3)15-7-5-4-6-14(15)16/h4-8,17H,9-10H2,1-3H3. The number of rotatable bonds is 5. The lowest BCUT2D eigenvalue weighted by Crippen LogP contribution is -2.17. The summed E-state index contributed by atoms with van der Waals surface area (Å²) in [5.41, 5.74) is 1.71. The molecule has 0 aliphatic rings. The molecule has 0 spiro atoms. The Kier molecular flexibility index (Phi) is 4.22. The van der Waals surface area contributed by atoms with Crippen LogP contribution in [0.2, 0.25) is 0 Å². The SMILES string of the molecule is CNCc1cc(CN(C)c2ccccc2F)oc1C. The molecule has 1 N–H and O–H groups in total. The smallest absolute Gasteiger partial charge is 0.146 e. The molecule has 0 radical (unpaired) electrons. The van der Waals surface area contributed by atoms with E-state index in [9.17, 15) is 4.39 Å². The molecule has 0 unspecified atom stereocenters. The third-order valence-electron chi connectivity index (χ3n) is 3.10. The quantitative estimate of drug-likeness (QED) is 0.897. The van der Waals surface area contributed by atoms with Crippen molar-refractivity contribution in [3.63, 3.8) is 0 Å². The minimum atomic E-state index is -0.219. The van der Waals surface area contributed by atoms with E-state index in [1.807, 2.05) is 38.1 Å². The second kappa shape index (κ2) is 5.89. The fourth-order valence-corrected chi connectivity index (χ4v) is 2.11. The number of anilines is 1. The molecule has 1 heterocycles. The van der Waals surface area contributed by atoms with Crippen molar-refractivity contribution in [3.05, 3.63) is 53.2 Å². The largest absolute Gasteiger partial charge is 0.464 e. The van der Waals surface area contributed by atoms with Crippen LogP contribution in [-0.2, 0) is 13.1 Å². The lowest BCUT2D eigenvalue weighted by atomic mass is 10.2. The molecule has 4 heteroatoms. The molecule has 0 saturated carbocycles. The number of furan rings is 1. The molecule has 102 valence electrons. The zero-order chi connectivity index (χ0) is 13.8. The van der Waals surface area contributed by atoms with E-state index in [0.717, 1.165) is 23.6 Å². The molecule has 0 saturated heterocycles. The van der Waals surface area contributed by atoms with E-state index >= 15 is 0 Å². The Bertz CT molecular complexity index is 551. The van der Waals surface area contributed by atoms with Gasteiger partial charge in [0.15, 0.2) is 0 Å². The van der Waals surface area contributed by atoms with Gasteiger partial charge in [-0.05, 0) is 32.2 Å². The highest BCUT2D eigenvalue weighted by Crippen LogP contribution is 2.21. The first-order valence-corrected chi connectivity index (χ1v) is 6.30. The van der Waals surface area contributed by atoms with Gasteiger partial charge in [-0.2, -0.15) is 0 Å². The van der Waals surface area contributed by atoms with Gasteiger partial charge in [0.25, 0.3) is 0 Å². The van der Waals surface area contributed by atoms with Crippen molar-refractivity contribution in [1.29, 1.82) is 0 Å². The topological polar surface area (TPSA) is 28.4 Å². The lowest BCUT2D eigenvalue weighted by Gasteiger charge is -2.18. The maximum absolute atomic E-state index is 13.7. The van der Waals surface area contributed by atoms with E-state index in [0.29, 0.717) is 12.2 Å². The summed E-state index contributed by atoms with van der Waals surface area (Å²) in [6.07, 6.45) is 0. The lowest BCUT2D eigenvalue weighted by molar-refractivity contribution is 0.477. The maximum Gasteiger partial charge on any atom is 0.146 e. The number of halogens is 1. The van der Waals surface area contributed by atoms with Crippen LogP contribution >= 0.6 is 0 Å². The molecule has 19 heavy (non-hydrogen) atoms. The summed E-state index contributed by atoms with van der Waals surface area (Å²) in [5.74, 6) is 1.53. The Hall–Kier alpha value is -1.81. The number of nitrogens with zero attached hydrogens (tertiary/aromatic N) is 1. The monoisotopic (exact) mass is 262 g/mol. The van der Waals surface area contributed by atoms with Crippen LogP contribution in [0.3, 0.4) is 0 Å². The predicted octanol–water partition coefficient (Wildman–Crippen LogP) is 3.08. The molecule has 3 nitrogen and oxygen atoms in total. The van der Waals surface area contributed by atoms with Crippen LogP contribution in [0.5, 0.6) is 0 Å². The van der Waals surface area contributed by atoms with Crippen molar-refractivity contribution < 1.29 is 8.81 Å².